The Kier molecular flexibility index (Phi) is 9.90. The van der Waals surface area contributed by atoms with Crippen molar-refractivity contribution in [3.63, 3.8) is 0 Å². The molecule has 8 heteroatoms. The van der Waals surface area contributed by atoms with Gasteiger partial charge in [-0.2, -0.15) is 0 Å². The van der Waals surface area contributed by atoms with E-state index < -0.39 is 23.0 Å². The molecule has 0 saturated heterocycles. The van der Waals surface area contributed by atoms with Crippen molar-refractivity contribution in [1.82, 2.24) is 0 Å². The molecule has 0 saturated carbocycles. The first-order valence-electron chi connectivity index (χ1n) is 13.0. The van der Waals surface area contributed by atoms with Crippen LogP contribution in [0.3, 0.4) is 0 Å². The Balaban J connectivity index is 1.78. The average Bonchev–Trinajstić information content (AvgIpc) is 2.82. The number of amides is 1. The molecule has 3 rings (SSSR count). The first-order chi connectivity index (χ1) is 18.6. The summed E-state index contributed by atoms with van der Waals surface area (Å²) < 4.78 is 26.1. The normalized spacial score (nSPS) is 11.6. The number of benzene rings is 3. The van der Waals surface area contributed by atoms with Gasteiger partial charge in [0, 0.05) is 22.1 Å². The quantitative estimate of drug-likeness (QED) is 0.264. The first kappa shape index (κ1) is 31.0. The van der Waals surface area contributed by atoms with Crippen LogP contribution in [0.25, 0.3) is 11.1 Å². The zero-order chi connectivity index (χ0) is 29.7. The SMILES string of the molecule is CC(C)(C)OC(=O)CCc1cc(F)cc(-c2cccc(C(=O)Nc3ccc(Br)cc3CC(=O)OC(C)(C)C)c2)c1. The Labute approximate surface area is 243 Å². The molecule has 0 spiro atoms. The molecule has 40 heavy (non-hydrogen) atoms. The second-order valence-corrected chi connectivity index (χ2v) is 12.4. The molecule has 0 fully saturated rings. The lowest BCUT2D eigenvalue weighted by molar-refractivity contribution is -0.155. The smallest absolute Gasteiger partial charge is 0.310 e. The number of ether oxygens (including phenoxy) is 2. The van der Waals surface area contributed by atoms with Gasteiger partial charge in [-0.3, -0.25) is 14.4 Å². The van der Waals surface area contributed by atoms with E-state index in [4.69, 9.17) is 9.47 Å². The number of halogens is 2. The lowest BCUT2D eigenvalue weighted by atomic mass is 9.98. The summed E-state index contributed by atoms with van der Waals surface area (Å²) in [7, 11) is 0. The van der Waals surface area contributed by atoms with Crippen LogP contribution in [-0.4, -0.2) is 29.0 Å². The van der Waals surface area contributed by atoms with E-state index in [1.807, 2.05) is 0 Å². The molecule has 212 valence electrons. The van der Waals surface area contributed by atoms with Crippen LogP contribution < -0.4 is 5.32 Å². The van der Waals surface area contributed by atoms with Gasteiger partial charge >= 0.3 is 11.9 Å². The van der Waals surface area contributed by atoms with Crippen LogP contribution in [0.1, 0.15) is 69.4 Å². The number of anilines is 1. The van der Waals surface area contributed by atoms with Crippen molar-refractivity contribution in [3.8, 4) is 11.1 Å². The van der Waals surface area contributed by atoms with Crippen molar-refractivity contribution in [2.45, 2.75) is 72.0 Å². The molecule has 0 heterocycles. The number of esters is 2. The first-order valence-corrected chi connectivity index (χ1v) is 13.8. The highest BCUT2D eigenvalue weighted by molar-refractivity contribution is 9.10. The molecule has 0 aliphatic carbocycles. The summed E-state index contributed by atoms with van der Waals surface area (Å²) in [6.45, 7) is 10.8. The van der Waals surface area contributed by atoms with Crippen LogP contribution in [0.15, 0.2) is 65.1 Å². The highest BCUT2D eigenvalue weighted by Gasteiger charge is 2.20. The van der Waals surface area contributed by atoms with Crippen molar-refractivity contribution in [1.29, 1.82) is 0 Å². The molecule has 3 aromatic rings. The summed E-state index contributed by atoms with van der Waals surface area (Å²) in [5.41, 5.74) is 2.13. The predicted molar refractivity (Wildman–Crippen MR) is 158 cm³/mol. The van der Waals surface area contributed by atoms with Crippen LogP contribution in [0.4, 0.5) is 10.1 Å². The van der Waals surface area contributed by atoms with Gasteiger partial charge in [-0.1, -0.05) is 34.1 Å². The van der Waals surface area contributed by atoms with Crippen molar-refractivity contribution in [2.75, 3.05) is 5.32 Å². The highest BCUT2D eigenvalue weighted by atomic mass is 79.9. The summed E-state index contributed by atoms with van der Waals surface area (Å²) in [4.78, 5) is 37.8. The van der Waals surface area contributed by atoms with E-state index in [1.165, 1.54) is 12.1 Å². The van der Waals surface area contributed by atoms with Crippen LogP contribution in [0.5, 0.6) is 0 Å². The molecule has 0 aromatic heterocycles. The fraction of sp³-hybridized carbons (Fsp3) is 0.344. The molecule has 0 bridgehead atoms. The van der Waals surface area contributed by atoms with Crippen LogP contribution in [0.2, 0.25) is 0 Å². The fourth-order valence-electron chi connectivity index (χ4n) is 4.00. The van der Waals surface area contributed by atoms with E-state index >= 15 is 0 Å². The zero-order valence-corrected chi connectivity index (χ0v) is 25.3. The molecule has 0 aliphatic rings. The van der Waals surface area contributed by atoms with E-state index in [2.05, 4.69) is 21.2 Å². The topological polar surface area (TPSA) is 81.7 Å². The lowest BCUT2D eigenvalue weighted by Gasteiger charge is -2.20. The Hall–Kier alpha value is -3.52. The molecule has 0 atom stereocenters. The van der Waals surface area contributed by atoms with E-state index in [-0.39, 0.29) is 24.7 Å². The number of carbonyl (C=O) groups is 3. The Morgan fingerprint density at radius 1 is 0.825 bits per heavy atom. The van der Waals surface area contributed by atoms with Crippen molar-refractivity contribution >= 4 is 39.5 Å². The highest BCUT2D eigenvalue weighted by Crippen LogP contribution is 2.26. The summed E-state index contributed by atoms with van der Waals surface area (Å²) >= 11 is 3.42. The van der Waals surface area contributed by atoms with Crippen LogP contribution >= 0.6 is 15.9 Å². The molecule has 1 amide bonds. The van der Waals surface area contributed by atoms with Gasteiger partial charge in [0.2, 0.25) is 0 Å². The lowest BCUT2D eigenvalue weighted by Crippen LogP contribution is -2.25. The van der Waals surface area contributed by atoms with Crippen LogP contribution in [0, 0.1) is 5.82 Å². The zero-order valence-electron chi connectivity index (χ0n) is 23.7. The van der Waals surface area contributed by atoms with E-state index in [0.717, 1.165) is 4.47 Å². The second-order valence-electron chi connectivity index (χ2n) is 11.5. The summed E-state index contributed by atoms with van der Waals surface area (Å²) in [6.07, 6.45) is 0.437. The third-order valence-corrected chi connectivity index (χ3v) is 6.02. The maximum Gasteiger partial charge on any atom is 0.310 e. The van der Waals surface area contributed by atoms with E-state index in [0.29, 0.717) is 39.9 Å². The molecule has 3 aromatic carbocycles. The van der Waals surface area contributed by atoms with Gasteiger partial charge in [-0.15, -0.1) is 0 Å². The molecular weight excluding hydrogens is 577 g/mol. The number of aryl methyl sites for hydroxylation is 1. The monoisotopic (exact) mass is 611 g/mol. The third kappa shape index (κ3) is 9.90. The maximum absolute atomic E-state index is 14.5. The van der Waals surface area contributed by atoms with Crippen LogP contribution in [-0.2, 0) is 31.9 Å². The summed E-state index contributed by atoms with van der Waals surface area (Å²) in [6, 6.07) is 16.7. The van der Waals surface area contributed by atoms with Gasteiger partial charge in [0.15, 0.2) is 0 Å². The van der Waals surface area contributed by atoms with Gasteiger partial charge in [-0.05, 0) is 113 Å². The fourth-order valence-corrected chi connectivity index (χ4v) is 4.41. The minimum absolute atomic E-state index is 0.0122. The third-order valence-electron chi connectivity index (χ3n) is 5.52. The average molecular weight is 613 g/mol. The van der Waals surface area contributed by atoms with Gasteiger partial charge in [0.1, 0.15) is 17.0 Å². The molecular formula is C32H35BrFNO5. The van der Waals surface area contributed by atoms with E-state index in [1.54, 1.807) is 90.1 Å². The van der Waals surface area contributed by atoms with Gasteiger partial charge in [0.05, 0.1) is 6.42 Å². The molecule has 0 radical (unpaired) electrons. The molecule has 0 aliphatic heterocycles. The minimum atomic E-state index is -0.626. The van der Waals surface area contributed by atoms with E-state index in [9.17, 15) is 18.8 Å². The molecule has 6 nitrogen and oxygen atoms in total. The van der Waals surface area contributed by atoms with Crippen molar-refractivity contribution in [3.05, 3.63) is 87.6 Å². The Bertz CT molecular complexity index is 1410. The Morgan fingerprint density at radius 2 is 1.50 bits per heavy atom. The number of carbonyl (C=O) groups excluding carboxylic acids is 3. The number of nitrogens with one attached hydrogen (secondary N) is 1. The van der Waals surface area contributed by atoms with Gasteiger partial charge in [0.25, 0.3) is 5.91 Å². The van der Waals surface area contributed by atoms with Gasteiger partial charge in [-0.25, -0.2) is 4.39 Å². The number of rotatable bonds is 8. The number of hydrogen-bond acceptors (Lipinski definition) is 5. The minimum Gasteiger partial charge on any atom is -0.460 e. The maximum atomic E-state index is 14.5. The summed E-state index contributed by atoms with van der Waals surface area (Å²) in [5.74, 6) is -1.57. The number of hydrogen-bond donors (Lipinski definition) is 1. The largest absolute Gasteiger partial charge is 0.460 e. The Morgan fingerprint density at radius 3 is 2.17 bits per heavy atom. The van der Waals surface area contributed by atoms with Gasteiger partial charge < -0.3 is 14.8 Å². The van der Waals surface area contributed by atoms with Crippen molar-refractivity contribution in [2.24, 2.45) is 0 Å². The van der Waals surface area contributed by atoms with Crippen molar-refractivity contribution < 1.29 is 28.2 Å². The molecule has 0 unspecified atom stereocenters. The summed E-state index contributed by atoms with van der Waals surface area (Å²) in [5, 5.41) is 2.88. The second kappa shape index (κ2) is 12.8. The standard InChI is InChI=1S/C32H35BrFNO5/c1-31(2,3)39-28(36)13-10-20-14-23(18-26(34)15-20)21-8-7-9-22(16-21)30(38)35-27-12-11-25(33)17-24(27)19-29(37)40-32(4,5)6/h7-9,11-12,14-18H,10,13,19H2,1-6H3,(H,35,38). The molecule has 1 N–H and O–H groups in total. The predicted octanol–water partition coefficient (Wildman–Crippen LogP) is 7.67.